The second-order valence-electron chi connectivity index (χ2n) is 6.59. The third-order valence-electron chi connectivity index (χ3n) is 4.60. The normalized spacial score (nSPS) is 15.8. The van der Waals surface area contributed by atoms with Gasteiger partial charge in [-0.3, -0.25) is 10.1 Å². The van der Waals surface area contributed by atoms with Crippen molar-refractivity contribution in [1.82, 2.24) is 10.2 Å². The summed E-state index contributed by atoms with van der Waals surface area (Å²) in [5.41, 5.74) is 1.05. The van der Waals surface area contributed by atoms with Crippen LogP contribution in [0.1, 0.15) is 39.5 Å². The average molecular weight is 348 g/mol. The fourth-order valence-electron chi connectivity index (χ4n) is 3.03. The van der Waals surface area contributed by atoms with E-state index in [1.807, 2.05) is 4.90 Å². The highest BCUT2D eigenvalue weighted by Gasteiger charge is 2.22. The van der Waals surface area contributed by atoms with Crippen LogP contribution < -0.4 is 10.2 Å². The summed E-state index contributed by atoms with van der Waals surface area (Å²) in [6.45, 7) is 7.01. The number of piperazine rings is 1. The number of carbonyl (C=O) groups excluding carboxylic acids is 1. The number of hydrogen-bond donors (Lipinski definition) is 1. The van der Waals surface area contributed by atoms with Gasteiger partial charge in [-0.15, -0.1) is 0 Å². The lowest BCUT2D eigenvalue weighted by Gasteiger charge is -2.36. The van der Waals surface area contributed by atoms with Crippen molar-refractivity contribution in [2.24, 2.45) is 0 Å². The number of rotatable bonds is 7. The zero-order chi connectivity index (χ0) is 18.2. The van der Waals surface area contributed by atoms with Gasteiger partial charge in [-0.25, -0.2) is 4.79 Å². The molecule has 2 rings (SSSR count). The zero-order valence-corrected chi connectivity index (χ0v) is 15.1. The quantitative estimate of drug-likeness (QED) is 0.465. The smallest absolute Gasteiger partial charge is 0.317 e. The van der Waals surface area contributed by atoms with Crippen LogP contribution in [0.2, 0.25) is 0 Å². The lowest BCUT2D eigenvalue weighted by molar-refractivity contribution is -0.384. The van der Waals surface area contributed by atoms with Crippen molar-refractivity contribution in [3.05, 3.63) is 34.4 Å². The first kappa shape index (κ1) is 19.0. The Balaban J connectivity index is 1.78. The predicted octanol–water partition coefficient (Wildman–Crippen LogP) is 3.40. The molecule has 1 aromatic rings. The minimum atomic E-state index is -0.395. The highest BCUT2D eigenvalue weighted by atomic mass is 16.6. The van der Waals surface area contributed by atoms with Crippen molar-refractivity contribution in [3.8, 4) is 0 Å². The van der Waals surface area contributed by atoms with E-state index >= 15 is 0 Å². The number of anilines is 1. The average Bonchev–Trinajstić information content (AvgIpc) is 2.62. The van der Waals surface area contributed by atoms with Gasteiger partial charge in [0.25, 0.3) is 5.69 Å². The Morgan fingerprint density at radius 3 is 2.40 bits per heavy atom. The second kappa shape index (κ2) is 9.25. The van der Waals surface area contributed by atoms with Crippen LogP contribution in [0.3, 0.4) is 0 Å². The summed E-state index contributed by atoms with van der Waals surface area (Å²) in [5.74, 6) is 0. The Labute approximate surface area is 149 Å². The fraction of sp³-hybridized carbons (Fsp3) is 0.611. The number of nitro groups is 1. The van der Waals surface area contributed by atoms with Gasteiger partial charge in [-0.1, -0.05) is 26.2 Å². The van der Waals surface area contributed by atoms with Crippen LogP contribution >= 0.6 is 0 Å². The number of amides is 2. The van der Waals surface area contributed by atoms with Crippen molar-refractivity contribution in [2.45, 2.75) is 45.6 Å². The van der Waals surface area contributed by atoms with Crippen LogP contribution in [-0.4, -0.2) is 48.1 Å². The highest BCUT2D eigenvalue weighted by molar-refractivity contribution is 5.74. The number of urea groups is 1. The Bertz CT molecular complexity index is 568. The SMILES string of the molecule is CCCCCC(C)NC(=O)N1CCN(c2ccc([N+](=O)[O-])cc2)CC1. The van der Waals surface area contributed by atoms with E-state index in [2.05, 4.69) is 24.1 Å². The molecule has 0 bridgehead atoms. The lowest BCUT2D eigenvalue weighted by atomic mass is 10.1. The van der Waals surface area contributed by atoms with Crippen molar-refractivity contribution in [1.29, 1.82) is 0 Å². The van der Waals surface area contributed by atoms with Crippen LogP contribution in [0.25, 0.3) is 0 Å². The van der Waals surface area contributed by atoms with Gasteiger partial charge in [0.15, 0.2) is 0 Å². The van der Waals surface area contributed by atoms with Gasteiger partial charge >= 0.3 is 6.03 Å². The van der Waals surface area contributed by atoms with E-state index in [0.717, 1.165) is 31.6 Å². The Kier molecular flexibility index (Phi) is 7.03. The predicted molar refractivity (Wildman–Crippen MR) is 99.0 cm³/mol. The molecule has 7 heteroatoms. The van der Waals surface area contributed by atoms with Crippen molar-refractivity contribution in [2.75, 3.05) is 31.1 Å². The largest absolute Gasteiger partial charge is 0.368 e. The topological polar surface area (TPSA) is 78.7 Å². The highest BCUT2D eigenvalue weighted by Crippen LogP contribution is 2.20. The zero-order valence-electron chi connectivity index (χ0n) is 15.1. The molecule has 25 heavy (non-hydrogen) atoms. The van der Waals surface area contributed by atoms with Crippen LogP contribution in [0.4, 0.5) is 16.2 Å². The fourth-order valence-corrected chi connectivity index (χ4v) is 3.03. The molecule has 1 aliphatic heterocycles. The molecule has 2 amide bonds. The number of nitrogens with zero attached hydrogens (tertiary/aromatic N) is 3. The standard InChI is InChI=1S/C18H28N4O3/c1-3-4-5-6-15(2)19-18(23)21-13-11-20(12-14-21)16-7-9-17(10-8-16)22(24)25/h7-10,15H,3-6,11-14H2,1-2H3,(H,19,23). The van der Waals surface area contributed by atoms with Crippen LogP contribution in [0.5, 0.6) is 0 Å². The molecular weight excluding hydrogens is 320 g/mol. The van der Waals surface area contributed by atoms with Crippen LogP contribution in [0, 0.1) is 10.1 Å². The summed E-state index contributed by atoms with van der Waals surface area (Å²) in [6.07, 6.45) is 4.55. The third-order valence-corrected chi connectivity index (χ3v) is 4.60. The molecule has 1 aliphatic rings. The summed E-state index contributed by atoms with van der Waals surface area (Å²) in [4.78, 5) is 26.6. The summed E-state index contributed by atoms with van der Waals surface area (Å²) in [6, 6.07) is 6.78. The molecule has 1 unspecified atom stereocenters. The maximum Gasteiger partial charge on any atom is 0.317 e. The van der Waals surface area contributed by atoms with Gasteiger partial charge in [0, 0.05) is 50.0 Å². The van der Waals surface area contributed by atoms with Gasteiger partial charge in [0.05, 0.1) is 4.92 Å². The minimum Gasteiger partial charge on any atom is -0.368 e. The van der Waals surface area contributed by atoms with Gasteiger partial charge in [0.1, 0.15) is 0 Å². The van der Waals surface area contributed by atoms with Crippen molar-refractivity contribution < 1.29 is 9.72 Å². The lowest BCUT2D eigenvalue weighted by Crippen LogP contribution is -2.53. The molecule has 0 aliphatic carbocycles. The Morgan fingerprint density at radius 1 is 1.20 bits per heavy atom. The number of unbranched alkanes of at least 4 members (excludes halogenated alkanes) is 2. The molecular formula is C18H28N4O3. The van der Waals surface area contributed by atoms with E-state index < -0.39 is 4.92 Å². The number of carbonyl (C=O) groups is 1. The van der Waals surface area contributed by atoms with E-state index in [1.165, 1.54) is 25.0 Å². The molecule has 1 heterocycles. The molecule has 1 saturated heterocycles. The molecule has 1 N–H and O–H groups in total. The van der Waals surface area contributed by atoms with E-state index in [9.17, 15) is 14.9 Å². The Morgan fingerprint density at radius 2 is 1.84 bits per heavy atom. The molecule has 0 radical (unpaired) electrons. The first-order chi connectivity index (χ1) is 12.0. The van der Waals surface area contributed by atoms with Crippen LogP contribution in [0.15, 0.2) is 24.3 Å². The summed E-state index contributed by atoms with van der Waals surface area (Å²) >= 11 is 0. The van der Waals surface area contributed by atoms with Gasteiger partial charge in [0.2, 0.25) is 0 Å². The molecule has 0 saturated carbocycles. The molecule has 0 spiro atoms. The van der Waals surface area contributed by atoms with E-state index in [0.29, 0.717) is 13.1 Å². The molecule has 138 valence electrons. The van der Waals surface area contributed by atoms with Gasteiger partial charge < -0.3 is 15.1 Å². The maximum absolute atomic E-state index is 12.3. The number of benzene rings is 1. The number of hydrogen-bond acceptors (Lipinski definition) is 4. The molecule has 7 nitrogen and oxygen atoms in total. The summed E-state index contributed by atoms with van der Waals surface area (Å²) in [5, 5.41) is 13.8. The maximum atomic E-state index is 12.3. The van der Waals surface area contributed by atoms with Crippen molar-refractivity contribution >= 4 is 17.4 Å². The van der Waals surface area contributed by atoms with Gasteiger partial charge in [-0.05, 0) is 25.5 Å². The molecule has 1 fully saturated rings. The molecule has 0 aromatic heterocycles. The monoisotopic (exact) mass is 348 g/mol. The van der Waals surface area contributed by atoms with Crippen LogP contribution in [-0.2, 0) is 0 Å². The number of nitrogens with one attached hydrogen (secondary N) is 1. The minimum absolute atomic E-state index is 0.00680. The van der Waals surface area contributed by atoms with E-state index in [4.69, 9.17) is 0 Å². The summed E-state index contributed by atoms with van der Waals surface area (Å²) < 4.78 is 0. The number of nitro benzene ring substituents is 1. The van der Waals surface area contributed by atoms with Gasteiger partial charge in [-0.2, -0.15) is 0 Å². The van der Waals surface area contributed by atoms with E-state index in [1.54, 1.807) is 12.1 Å². The Hall–Kier alpha value is -2.31. The summed E-state index contributed by atoms with van der Waals surface area (Å²) in [7, 11) is 0. The first-order valence-corrected chi connectivity index (χ1v) is 9.06. The molecule has 1 atom stereocenters. The van der Waals surface area contributed by atoms with E-state index in [-0.39, 0.29) is 17.8 Å². The van der Waals surface area contributed by atoms with Crippen molar-refractivity contribution in [3.63, 3.8) is 0 Å². The third kappa shape index (κ3) is 5.62. The second-order valence-corrected chi connectivity index (χ2v) is 6.59. The first-order valence-electron chi connectivity index (χ1n) is 9.06. The number of non-ortho nitro benzene ring substituents is 1. The molecule has 1 aromatic carbocycles.